The Hall–Kier alpha value is -0.973. The third-order valence-electron chi connectivity index (χ3n) is 2.34. The van der Waals surface area contributed by atoms with Gasteiger partial charge in [-0.1, -0.05) is 25.7 Å². The molecule has 16 heavy (non-hydrogen) atoms. The molecule has 0 aromatic heterocycles. The van der Waals surface area contributed by atoms with Crippen molar-refractivity contribution < 1.29 is 17.9 Å². The zero-order chi connectivity index (χ0) is 12.6. The molecule has 5 heteroatoms. The van der Waals surface area contributed by atoms with E-state index in [2.05, 4.69) is 19.6 Å². The van der Waals surface area contributed by atoms with Crippen molar-refractivity contribution in [2.75, 3.05) is 7.11 Å². The summed E-state index contributed by atoms with van der Waals surface area (Å²) in [6.45, 7) is 6.20. The molecule has 0 aliphatic rings. The average molecular weight is 248 g/mol. The van der Waals surface area contributed by atoms with E-state index in [1.807, 2.05) is 0 Å². The highest BCUT2D eigenvalue weighted by Crippen LogP contribution is 2.31. The molecular formula is C11H15F3OSi. The van der Waals surface area contributed by atoms with E-state index >= 15 is 0 Å². The molecule has 0 spiro atoms. The topological polar surface area (TPSA) is 9.23 Å². The first-order chi connectivity index (χ1) is 7.16. The van der Waals surface area contributed by atoms with Gasteiger partial charge < -0.3 is 4.74 Å². The van der Waals surface area contributed by atoms with Crippen molar-refractivity contribution in [1.29, 1.82) is 0 Å². The Balaban J connectivity index is 3.28. The number of methoxy groups -OCH3 is 1. The van der Waals surface area contributed by atoms with E-state index in [4.69, 9.17) is 4.74 Å². The molecule has 0 saturated heterocycles. The minimum Gasteiger partial charge on any atom is -0.497 e. The van der Waals surface area contributed by atoms with Crippen molar-refractivity contribution in [1.82, 2.24) is 0 Å². The van der Waals surface area contributed by atoms with Gasteiger partial charge in [-0.3, -0.25) is 0 Å². The van der Waals surface area contributed by atoms with Crippen molar-refractivity contribution in [3.05, 3.63) is 23.8 Å². The molecule has 0 aliphatic heterocycles. The summed E-state index contributed by atoms with van der Waals surface area (Å²) in [7, 11) is -0.271. The minimum atomic E-state index is -4.31. The van der Waals surface area contributed by atoms with Crippen LogP contribution in [0.2, 0.25) is 19.6 Å². The van der Waals surface area contributed by atoms with E-state index in [-0.39, 0.29) is 0 Å². The molecule has 0 fully saturated rings. The van der Waals surface area contributed by atoms with Gasteiger partial charge in [-0.05, 0) is 17.3 Å². The predicted molar refractivity (Wildman–Crippen MR) is 61.0 cm³/mol. The number of rotatable bonds is 2. The smallest absolute Gasteiger partial charge is 0.416 e. The van der Waals surface area contributed by atoms with E-state index < -0.39 is 19.8 Å². The maximum atomic E-state index is 12.5. The Labute approximate surface area is 94.2 Å². The monoisotopic (exact) mass is 248 g/mol. The van der Waals surface area contributed by atoms with Gasteiger partial charge in [-0.15, -0.1) is 0 Å². The summed E-state index contributed by atoms with van der Waals surface area (Å²) in [4.78, 5) is 0. The van der Waals surface area contributed by atoms with Crippen LogP contribution in [-0.4, -0.2) is 15.2 Å². The molecule has 0 bridgehead atoms. The van der Waals surface area contributed by atoms with Crippen molar-refractivity contribution in [2.45, 2.75) is 25.8 Å². The largest absolute Gasteiger partial charge is 0.497 e. The Morgan fingerprint density at radius 1 is 1.12 bits per heavy atom. The number of benzene rings is 1. The zero-order valence-corrected chi connectivity index (χ0v) is 10.8. The van der Waals surface area contributed by atoms with Gasteiger partial charge in [0.2, 0.25) is 0 Å². The van der Waals surface area contributed by atoms with Gasteiger partial charge in [-0.2, -0.15) is 13.2 Å². The molecule has 0 heterocycles. The van der Waals surface area contributed by atoms with Crippen LogP contribution in [0, 0.1) is 0 Å². The van der Waals surface area contributed by atoms with Crippen LogP contribution in [0.5, 0.6) is 5.75 Å². The van der Waals surface area contributed by atoms with Crippen LogP contribution in [-0.2, 0) is 6.18 Å². The second-order valence-corrected chi connectivity index (χ2v) is 9.70. The molecule has 0 radical (unpaired) electrons. The third kappa shape index (κ3) is 2.78. The van der Waals surface area contributed by atoms with Crippen LogP contribution in [0.25, 0.3) is 0 Å². The van der Waals surface area contributed by atoms with Crippen molar-refractivity contribution in [3.63, 3.8) is 0 Å². The average Bonchev–Trinajstić information content (AvgIpc) is 2.14. The molecule has 0 saturated carbocycles. The summed E-state index contributed by atoms with van der Waals surface area (Å²) in [5.74, 6) is 0.342. The van der Waals surface area contributed by atoms with Crippen LogP contribution >= 0.6 is 0 Å². The number of ether oxygens (including phenoxy) is 1. The lowest BCUT2D eigenvalue weighted by Gasteiger charge is -2.21. The molecule has 0 unspecified atom stereocenters. The molecule has 90 valence electrons. The number of hydrogen-bond acceptors (Lipinski definition) is 1. The Morgan fingerprint density at radius 2 is 1.69 bits per heavy atom. The molecular weight excluding hydrogens is 233 g/mol. The Bertz CT molecular complexity index is 380. The lowest BCUT2D eigenvalue weighted by molar-refractivity contribution is -0.137. The molecule has 0 atom stereocenters. The maximum absolute atomic E-state index is 12.5. The number of halogens is 3. The van der Waals surface area contributed by atoms with Gasteiger partial charge in [0, 0.05) is 0 Å². The van der Waals surface area contributed by atoms with Crippen molar-refractivity contribution >= 4 is 13.3 Å². The molecule has 1 nitrogen and oxygen atoms in total. The van der Waals surface area contributed by atoms with Crippen LogP contribution in [0.3, 0.4) is 0 Å². The second-order valence-electron chi connectivity index (χ2n) is 4.66. The molecule has 1 aromatic carbocycles. The summed E-state index contributed by atoms with van der Waals surface area (Å²) in [6, 6.07) is 3.73. The van der Waals surface area contributed by atoms with Gasteiger partial charge in [0.25, 0.3) is 0 Å². The highest BCUT2D eigenvalue weighted by atomic mass is 28.3. The summed E-state index contributed by atoms with van der Waals surface area (Å²) >= 11 is 0. The SMILES string of the molecule is COc1cc(C(F)(F)F)ccc1[Si](C)(C)C. The van der Waals surface area contributed by atoms with Crippen LogP contribution < -0.4 is 9.92 Å². The quantitative estimate of drug-likeness (QED) is 0.730. The van der Waals surface area contributed by atoms with Gasteiger partial charge in [-0.25, -0.2) is 0 Å². The Morgan fingerprint density at radius 3 is 2.06 bits per heavy atom. The molecule has 0 aliphatic carbocycles. The number of alkyl halides is 3. The maximum Gasteiger partial charge on any atom is 0.416 e. The van der Waals surface area contributed by atoms with Crippen LogP contribution in [0.15, 0.2) is 18.2 Å². The third-order valence-corrected chi connectivity index (χ3v) is 4.37. The first-order valence-electron chi connectivity index (χ1n) is 4.92. The highest BCUT2D eigenvalue weighted by molar-refractivity contribution is 6.89. The predicted octanol–water partition coefficient (Wildman–Crippen LogP) is 3.26. The molecule has 0 N–H and O–H groups in total. The molecule has 1 rings (SSSR count). The Kier molecular flexibility index (Phi) is 3.37. The van der Waals surface area contributed by atoms with E-state index in [0.717, 1.165) is 17.3 Å². The summed E-state index contributed by atoms with van der Waals surface area (Å²) in [5, 5.41) is 0.906. The van der Waals surface area contributed by atoms with Gasteiger partial charge in [0.15, 0.2) is 0 Å². The van der Waals surface area contributed by atoms with Crippen molar-refractivity contribution in [3.8, 4) is 5.75 Å². The first-order valence-corrected chi connectivity index (χ1v) is 8.42. The zero-order valence-electron chi connectivity index (χ0n) is 9.77. The summed E-state index contributed by atoms with van der Waals surface area (Å²) in [6.07, 6.45) is -4.31. The van der Waals surface area contributed by atoms with Gasteiger partial charge in [0.1, 0.15) is 5.75 Å². The fourth-order valence-electron chi connectivity index (χ4n) is 1.49. The van der Waals surface area contributed by atoms with Gasteiger partial charge in [0.05, 0.1) is 20.7 Å². The summed E-state index contributed by atoms with van der Waals surface area (Å²) < 4.78 is 42.5. The first kappa shape index (κ1) is 13.1. The van der Waals surface area contributed by atoms with Gasteiger partial charge >= 0.3 is 6.18 Å². The minimum absolute atomic E-state index is 0.342. The van der Waals surface area contributed by atoms with E-state index in [0.29, 0.717) is 5.75 Å². The van der Waals surface area contributed by atoms with E-state index in [9.17, 15) is 13.2 Å². The van der Waals surface area contributed by atoms with E-state index in [1.54, 1.807) is 0 Å². The molecule has 0 amide bonds. The summed E-state index contributed by atoms with van der Waals surface area (Å²) in [5.41, 5.74) is -0.661. The van der Waals surface area contributed by atoms with Crippen LogP contribution in [0.1, 0.15) is 5.56 Å². The second kappa shape index (κ2) is 4.12. The lowest BCUT2D eigenvalue weighted by atomic mass is 10.2. The fraction of sp³-hybridized carbons (Fsp3) is 0.455. The fourth-order valence-corrected chi connectivity index (χ4v) is 2.98. The van der Waals surface area contributed by atoms with E-state index in [1.165, 1.54) is 13.2 Å². The number of hydrogen-bond donors (Lipinski definition) is 0. The highest BCUT2D eigenvalue weighted by Gasteiger charge is 2.32. The molecule has 1 aromatic rings. The normalized spacial score (nSPS) is 12.7. The lowest BCUT2D eigenvalue weighted by Crippen LogP contribution is -2.38. The van der Waals surface area contributed by atoms with Crippen molar-refractivity contribution in [2.24, 2.45) is 0 Å². The standard InChI is InChI=1S/C11H15F3OSi/c1-15-9-7-8(11(12,13)14)5-6-10(9)16(2,3)4/h5-7H,1-4H3. The van der Waals surface area contributed by atoms with Crippen LogP contribution in [0.4, 0.5) is 13.2 Å².